The highest BCUT2D eigenvalue weighted by Crippen LogP contribution is 2.29. The maximum Gasteiger partial charge on any atom is 0.255 e. The van der Waals surface area contributed by atoms with Crippen molar-refractivity contribution in [1.29, 1.82) is 5.26 Å². The Morgan fingerprint density at radius 3 is 2.75 bits per heavy atom. The number of hydrogen-bond acceptors (Lipinski definition) is 3. The van der Waals surface area contributed by atoms with Gasteiger partial charge in [-0.1, -0.05) is 24.3 Å². The Hall–Kier alpha value is -2.80. The molecule has 0 bridgehead atoms. The van der Waals surface area contributed by atoms with Crippen LogP contribution in [0.4, 0.5) is 5.69 Å². The summed E-state index contributed by atoms with van der Waals surface area (Å²) in [6.45, 7) is 1.97. The lowest BCUT2D eigenvalue weighted by molar-refractivity contribution is 0.0935. The van der Waals surface area contributed by atoms with Crippen LogP contribution in [0.2, 0.25) is 0 Å². The van der Waals surface area contributed by atoms with Crippen molar-refractivity contribution in [3.05, 3.63) is 64.7 Å². The fourth-order valence-electron chi connectivity index (χ4n) is 2.39. The van der Waals surface area contributed by atoms with E-state index in [0.29, 0.717) is 11.1 Å². The Kier molecular flexibility index (Phi) is 2.88. The predicted octanol–water partition coefficient (Wildman–Crippen LogP) is 2.72. The van der Waals surface area contributed by atoms with Gasteiger partial charge in [0.2, 0.25) is 0 Å². The van der Waals surface area contributed by atoms with Crippen molar-refractivity contribution in [2.45, 2.75) is 13.1 Å². The number of anilines is 1. The number of benzene rings is 2. The van der Waals surface area contributed by atoms with Gasteiger partial charge in [-0.15, -0.1) is 0 Å². The Bertz CT molecular complexity index is 731. The van der Waals surface area contributed by atoms with E-state index in [4.69, 9.17) is 5.26 Å². The number of carbonyl (C=O) groups excluding carboxylic acids is 1. The van der Waals surface area contributed by atoms with Crippen LogP contribution in [0.15, 0.2) is 42.5 Å². The second kappa shape index (κ2) is 4.71. The molecule has 2 aromatic carbocycles. The molecule has 0 saturated carbocycles. The molecule has 1 atom stereocenters. The average Bonchev–Trinajstić information content (AvgIpc) is 2.48. The van der Waals surface area contributed by atoms with Crippen LogP contribution < -0.4 is 10.6 Å². The van der Waals surface area contributed by atoms with Crippen molar-refractivity contribution < 1.29 is 4.79 Å². The van der Waals surface area contributed by atoms with Gasteiger partial charge in [0.25, 0.3) is 5.91 Å². The lowest BCUT2D eigenvalue weighted by atomic mass is 10.0. The SMILES string of the molecule is Cc1cccc2c1N[C@H](c1cccc(C#N)c1)NC2=O. The van der Waals surface area contributed by atoms with E-state index in [1.807, 2.05) is 31.2 Å². The molecule has 1 aliphatic rings. The minimum Gasteiger partial charge on any atom is -0.361 e. The lowest BCUT2D eigenvalue weighted by Gasteiger charge is -2.29. The summed E-state index contributed by atoms with van der Waals surface area (Å²) in [4.78, 5) is 12.2. The first kappa shape index (κ1) is 12.2. The second-order valence-electron chi connectivity index (χ2n) is 4.79. The minimum absolute atomic E-state index is 0.102. The van der Waals surface area contributed by atoms with Gasteiger partial charge in [-0.3, -0.25) is 4.79 Å². The number of nitrogens with zero attached hydrogens (tertiary/aromatic N) is 1. The standard InChI is InChI=1S/C16H13N3O/c1-10-4-2-7-13-14(10)18-15(19-16(13)20)12-6-3-5-11(8-12)9-17/h2-8,15,18H,1H3,(H,19,20)/t15-/m0/s1. The zero-order valence-corrected chi connectivity index (χ0v) is 11.0. The third-order valence-corrected chi connectivity index (χ3v) is 3.43. The smallest absolute Gasteiger partial charge is 0.255 e. The first-order valence-electron chi connectivity index (χ1n) is 6.36. The van der Waals surface area contributed by atoms with Crippen LogP contribution in [0.3, 0.4) is 0 Å². The van der Waals surface area contributed by atoms with Gasteiger partial charge in [0.05, 0.1) is 22.9 Å². The molecule has 2 N–H and O–H groups in total. The fourth-order valence-corrected chi connectivity index (χ4v) is 2.39. The Labute approximate surface area is 117 Å². The highest BCUT2D eigenvalue weighted by molar-refractivity contribution is 6.02. The van der Waals surface area contributed by atoms with Crippen LogP contribution in [0, 0.1) is 18.3 Å². The summed E-state index contributed by atoms with van der Waals surface area (Å²) in [6, 6.07) is 15.0. The molecule has 1 heterocycles. The molecule has 98 valence electrons. The number of aryl methyl sites for hydroxylation is 1. The number of hydrogen-bond donors (Lipinski definition) is 2. The quantitative estimate of drug-likeness (QED) is 0.831. The van der Waals surface area contributed by atoms with E-state index < -0.39 is 0 Å². The van der Waals surface area contributed by atoms with Gasteiger partial charge in [0.15, 0.2) is 0 Å². The van der Waals surface area contributed by atoms with Crippen molar-refractivity contribution >= 4 is 11.6 Å². The number of carbonyl (C=O) groups is 1. The fraction of sp³-hybridized carbons (Fsp3) is 0.125. The first-order valence-corrected chi connectivity index (χ1v) is 6.36. The van der Waals surface area contributed by atoms with E-state index in [1.54, 1.807) is 18.2 Å². The molecule has 0 spiro atoms. The van der Waals surface area contributed by atoms with Crippen molar-refractivity contribution in [2.75, 3.05) is 5.32 Å². The van der Waals surface area contributed by atoms with Crippen molar-refractivity contribution in [1.82, 2.24) is 5.32 Å². The molecule has 0 aromatic heterocycles. The monoisotopic (exact) mass is 263 g/mol. The summed E-state index contributed by atoms with van der Waals surface area (Å²) in [6.07, 6.45) is -0.315. The van der Waals surface area contributed by atoms with Crippen molar-refractivity contribution in [3.63, 3.8) is 0 Å². The zero-order valence-electron chi connectivity index (χ0n) is 11.0. The molecule has 1 aliphatic heterocycles. The molecule has 0 saturated heterocycles. The van der Waals surface area contributed by atoms with E-state index in [9.17, 15) is 4.79 Å². The summed E-state index contributed by atoms with van der Waals surface area (Å²) < 4.78 is 0. The molecule has 3 rings (SSSR count). The molecule has 2 aromatic rings. The summed E-state index contributed by atoms with van der Waals surface area (Å²) in [5.74, 6) is -0.102. The van der Waals surface area contributed by atoms with E-state index in [1.165, 1.54) is 0 Å². The number of rotatable bonds is 1. The molecule has 4 heteroatoms. The second-order valence-corrected chi connectivity index (χ2v) is 4.79. The van der Waals surface area contributed by atoms with Crippen LogP contribution in [0.1, 0.15) is 33.2 Å². The molecule has 0 fully saturated rings. The highest BCUT2D eigenvalue weighted by atomic mass is 16.2. The lowest BCUT2D eigenvalue weighted by Crippen LogP contribution is -2.38. The van der Waals surface area contributed by atoms with Crippen LogP contribution in [0.5, 0.6) is 0 Å². The Balaban J connectivity index is 2.01. The summed E-state index contributed by atoms with van der Waals surface area (Å²) >= 11 is 0. The summed E-state index contributed by atoms with van der Waals surface area (Å²) in [5.41, 5.74) is 3.97. The topological polar surface area (TPSA) is 64.9 Å². The maximum absolute atomic E-state index is 12.2. The Morgan fingerprint density at radius 1 is 1.15 bits per heavy atom. The Morgan fingerprint density at radius 2 is 1.95 bits per heavy atom. The van der Waals surface area contributed by atoms with Crippen LogP contribution in [-0.2, 0) is 0 Å². The van der Waals surface area contributed by atoms with Crippen LogP contribution in [-0.4, -0.2) is 5.91 Å². The van der Waals surface area contributed by atoms with Gasteiger partial charge in [0, 0.05) is 0 Å². The highest BCUT2D eigenvalue weighted by Gasteiger charge is 2.25. The number of para-hydroxylation sites is 1. The predicted molar refractivity (Wildman–Crippen MR) is 76.2 cm³/mol. The molecule has 4 nitrogen and oxygen atoms in total. The number of amides is 1. The first-order chi connectivity index (χ1) is 9.69. The van der Waals surface area contributed by atoms with Gasteiger partial charge in [-0.2, -0.15) is 5.26 Å². The van der Waals surface area contributed by atoms with E-state index in [2.05, 4.69) is 16.7 Å². The molecular formula is C16H13N3O. The molecule has 0 unspecified atom stereocenters. The maximum atomic E-state index is 12.2. The van der Waals surface area contributed by atoms with Crippen molar-refractivity contribution in [2.24, 2.45) is 0 Å². The van der Waals surface area contributed by atoms with Gasteiger partial charge >= 0.3 is 0 Å². The van der Waals surface area contributed by atoms with Gasteiger partial charge < -0.3 is 10.6 Å². The van der Waals surface area contributed by atoms with E-state index in [0.717, 1.165) is 16.8 Å². The normalized spacial score (nSPS) is 16.6. The molecule has 0 aliphatic carbocycles. The number of nitriles is 1. The van der Waals surface area contributed by atoms with Crippen LogP contribution in [0.25, 0.3) is 0 Å². The minimum atomic E-state index is -0.315. The zero-order chi connectivity index (χ0) is 14.1. The van der Waals surface area contributed by atoms with Crippen molar-refractivity contribution in [3.8, 4) is 6.07 Å². The third kappa shape index (κ3) is 1.99. The van der Waals surface area contributed by atoms with E-state index in [-0.39, 0.29) is 12.1 Å². The van der Waals surface area contributed by atoms with E-state index >= 15 is 0 Å². The largest absolute Gasteiger partial charge is 0.361 e. The van der Waals surface area contributed by atoms with Gasteiger partial charge in [-0.25, -0.2) is 0 Å². The number of fused-ring (bicyclic) bond motifs is 1. The molecule has 1 amide bonds. The van der Waals surface area contributed by atoms with Crippen LogP contribution >= 0.6 is 0 Å². The van der Waals surface area contributed by atoms with Gasteiger partial charge in [0.1, 0.15) is 6.17 Å². The average molecular weight is 263 g/mol. The number of nitrogens with one attached hydrogen (secondary N) is 2. The summed E-state index contributed by atoms with van der Waals surface area (Å²) in [5, 5.41) is 15.2. The van der Waals surface area contributed by atoms with Gasteiger partial charge in [-0.05, 0) is 36.2 Å². The molecule has 20 heavy (non-hydrogen) atoms. The summed E-state index contributed by atoms with van der Waals surface area (Å²) in [7, 11) is 0. The molecular weight excluding hydrogens is 250 g/mol. The third-order valence-electron chi connectivity index (χ3n) is 3.43. The molecule has 0 radical (unpaired) electrons.